The van der Waals surface area contributed by atoms with E-state index in [1.54, 1.807) is 0 Å². The standard InChI is InChI=1S/C20H24N2O2.ClH/c1-15-11-12-21-13-18(15)22-20(23)14-24-19-10-6-5-9-17(19)16-7-3-2-4-8-16;/h2-10,15,18,21H,11-14H2,1H3,(H,22,23);1H. The van der Waals surface area contributed by atoms with Gasteiger partial charge >= 0.3 is 0 Å². The first-order valence-corrected chi connectivity index (χ1v) is 8.51. The zero-order valence-corrected chi connectivity index (χ0v) is 15.2. The van der Waals surface area contributed by atoms with Gasteiger partial charge in [0, 0.05) is 18.2 Å². The molecule has 0 spiro atoms. The van der Waals surface area contributed by atoms with E-state index >= 15 is 0 Å². The Bertz CT molecular complexity index is 678. The number of carbonyl (C=O) groups excluding carboxylic acids is 1. The first kappa shape index (κ1) is 19.3. The van der Waals surface area contributed by atoms with Crippen molar-refractivity contribution in [2.75, 3.05) is 19.7 Å². The van der Waals surface area contributed by atoms with Crippen molar-refractivity contribution in [3.63, 3.8) is 0 Å². The van der Waals surface area contributed by atoms with Gasteiger partial charge in [0.2, 0.25) is 0 Å². The van der Waals surface area contributed by atoms with Crippen molar-refractivity contribution in [1.29, 1.82) is 0 Å². The summed E-state index contributed by atoms with van der Waals surface area (Å²) in [4.78, 5) is 12.2. The zero-order chi connectivity index (χ0) is 16.8. The fourth-order valence-corrected chi connectivity index (χ4v) is 3.02. The smallest absolute Gasteiger partial charge is 0.258 e. The van der Waals surface area contributed by atoms with Crippen LogP contribution in [0.4, 0.5) is 0 Å². The summed E-state index contributed by atoms with van der Waals surface area (Å²) in [5, 5.41) is 6.39. The normalized spacial score (nSPS) is 19.6. The second-order valence-corrected chi connectivity index (χ2v) is 6.29. The van der Waals surface area contributed by atoms with Gasteiger partial charge in [-0.25, -0.2) is 0 Å². The van der Waals surface area contributed by atoms with E-state index in [9.17, 15) is 4.79 Å². The summed E-state index contributed by atoms with van der Waals surface area (Å²) in [7, 11) is 0. The molecule has 0 aliphatic carbocycles. The lowest BCUT2D eigenvalue weighted by molar-refractivity contribution is -0.124. The average Bonchev–Trinajstić information content (AvgIpc) is 2.63. The second kappa shape index (κ2) is 9.44. The van der Waals surface area contributed by atoms with Crippen molar-refractivity contribution in [2.24, 2.45) is 5.92 Å². The van der Waals surface area contributed by atoms with Crippen molar-refractivity contribution in [1.82, 2.24) is 10.6 Å². The van der Waals surface area contributed by atoms with Gasteiger partial charge in [-0.15, -0.1) is 12.4 Å². The number of ether oxygens (including phenoxy) is 1. The van der Waals surface area contributed by atoms with Crippen LogP contribution in [0.15, 0.2) is 54.6 Å². The van der Waals surface area contributed by atoms with Crippen LogP contribution in [-0.2, 0) is 4.79 Å². The van der Waals surface area contributed by atoms with Gasteiger partial charge in [0.1, 0.15) is 5.75 Å². The number of para-hydroxylation sites is 1. The predicted octanol–water partition coefficient (Wildman–Crippen LogP) is 3.27. The first-order valence-electron chi connectivity index (χ1n) is 8.51. The van der Waals surface area contributed by atoms with Crippen LogP contribution in [0.5, 0.6) is 5.75 Å². The van der Waals surface area contributed by atoms with Crippen molar-refractivity contribution < 1.29 is 9.53 Å². The Hall–Kier alpha value is -2.04. The number of halogens is 1. The summed E-state index contributed by atoms with van der Waals surface area (Å²) in [6.07, 6.45) is 1.09. The fourth-order valence-electron chi connectivity index (χ4n) is 3.02. The lowest BCUT2D eigenvalue weighted by Gasteiger charge is -2.30. The number of amides is 1. The molecule has 4 nitrogen and oxygen atoms in total. The maximum absolute atomic E-state index is 12.2. The van der Waals surface area contributed by atoms with Gasteiger partial charge in [-0.1, -0.05) is 55.5 Å². The number of rotatable bonds is 5. The highest BCUT2D eigenvalue weighted by Gasteiger charge is 2.22. The molecule has 0 aromatic heterocycles. The summed E-state index contributed by atoms with van der Waals surface area (Å²) in [6, 6.07) is 18.1. The molecule has 2 aromatic rings. The van der Waals surface area contributed by atoms with Crippen LogP contribution in [0, 0.1) is 5.92 Å². The minimum Gasteiger partial charge on any atom is -0.483 e. The van der Waals surface area contributed by atoms with E-state index in [4.69, 9.17) is 4.74 Å². The SMILES string of the molecule is CC1CCNCC1NC(=O)COc1ccccc1-c1ccccc1.Cl. The second-order valence-electron chi connectivity index (χ2n) is 6.29. The van der Waals surface area contributed by atoms with Crippen LogP contribution in [0.1, 0.15) is 13.3 Å². The van der Waals surface area contributed by atoms with Crippen LogP contribution in [0.3, 0.4) is 0 Å². The molecule has 3 rings (SSSR count). The maximum atomic E-state index is 12.2. The molecule has 0 radical (unpaired) electrons. The van der Waals surface area contributed by atoms with E-state index in [-0.39, 0.29) is 31.0 Å². The molecule has 2 aromatic carbocycles. The Morgan fingerprint density at radius 3 is 2.64 bits per heavy atom. The molecule has 1 saturated heterocycles. The lowest BCUT2D eigenvalue weighted by atomic mass is 9.95. The van der Waals surface area contributed by atoms with E-state index in [2.05, 4.69) is 17.6 Å². The number of hydrogen-bond acceptors (Lipinski definition) is 3. The molecule has 5 heteroatoms. The highest BCUT2D eigenvalue weighted by atomic mass is 35.5. The van der Waals surface area contributed by atoms with Crippen LogP contribution in [0.25, 0.3) is 11.1 Å². The van der Waals surface area contributed by atoms with E-state index in [1.807, 2.05) is 54.6 Å². The molecular weight excluding hydrogens is 336 g/mol. The molecule has 2 atom stereocenters. The molecule has 1 amide bonds. The molecule has 1 aliphatic rings. The topological polar surface area (TPSA) is 50.4 Å². The van der Waals surface area contributed by atoms with Crippen LogP contribution < -0.4 is 15.4 Å². The molecule has 1 aliphatic heterocycles. The third-order valence-electron chi connectivity index (χ3n) is 4.50. The van der Waals surface area contributed by atoms with Crippen molar-refractivity contribution in [3.8, 4) is 16.9 Å². The minimum atomic E-state index is -0.0709. The van der Waals surface area contributed by atoms with Crippen molar-refractivity contribution in [2.45, 2.75) is 19.4 Å². The quantitative estimate of drug-likeness (QED) is 0.860. The largest absolute Gasteiger partial charge is 0.483 e. The van der Waals surface area contributed by atoms with E-state index in [1.165, 1.54) is 0 Å². The van der Waals surface area contributed by atoms with Crippen LogP contribution in [0.2, 0.25) is 0 Å². The number of piperidine rings is 1. The summed E-state index contributed by atoms with van der Waals surface area (Å²) in [5.74, 6) is 1.15. The highest BCUT2D eigenvalue weighted by molar-refractivity contribution is 5.85. The predicted molar refractivity (Wildman–Crippen MR) is 103 cm³/mol. The van der Waals surface area contributed by atoms with Gasteiger partial charge < -0.3 is 15.4 Å². The molecule has 25 heavy (non-hydrogen) atoms. The van der Waals surface area contributed by atoms with Crippen molar-refractivity contribution in [3.05, 3.63) is 54.6 Å². The lowest BCUT2D eigenvalue weighted by Crippen LogP contribution is -2.51. The molecule has 0 bridgehead atoms. The van der Waals surface area contributed by atoms with Gasteiger partial charge in [0.05, 0.1) is 0 Å². The summed E-state index contributed by atoms with van der Waals surface area (Å²) in [5.41, 5.74) is 2.08. The molecule has 2 unspecified atom stereocenters. The number of carbonyl (C=O) groups is 1. The van der Waals surface area contributed by atoms with Gasteiger partial charge in [-0.3, -0.25) is 4.79 Å². The maximum Gasteiger partial charge on any atom is 0.258 e. The Morgan fingerprint density at radius 1 is 1.16 bits per heavy atom. The Kier molecular flexibility index (Phi) is 7.29. The first-order chi connectivity index (χ1) is 11.7. The summed E-state index contributed by atoms with van der Waals surface area (Å²) >= 11 is 0. The fraction of sp³-hybridized carbons (Fsp3) is 0.350. The van der Waals surface area contributed by atoms with Gasteiger partial charge in [0.15, 0.2) is 6.61 Å². The van der Waals surface area contributed by atoms with E-state index in [0.29, 0.717) is 5.92 Å². The zero-order valence-electron chi connectivity index (χ0n) is 14.4. The number of hydrogen-bond donors (Lipinski definition) is 2. The Labute approximate surface area is 155 Å². The molecule has 1 fully saturated rings. The molecule has 1 heterocycles. The van der Waals surface area contributed by atoms with Crippen LogP contribution in [-0.4, -0.2) is 31.6 Å². The molecular formula is C20H25ClN2O2. The summed E-state index contributed by atoms with van der Waals surface area (Å²) in [6.45, 7) is 4.06. The molecule has 134 valence electrons. The highest BCUT2D eigenvalue weighted by Crippen LogP contribution is 2.29. The number of nitrogens with one attached hydrogen (secondary N) is 2. The van der Waals surface area contributed by atoms with Gasteiger partial charge in [-0.05, 0) is 30.5 Å². The minimum absolute atomic E-state index is 0. The monoisotopic (exact) mass is 360 g/mol. The van der Waals surface area contributed by atoms with E-state index in [0.717, 1.165) is 36.4 Å². The Balaban J connectivity index is 0.00000225. The average molecular weight is 361 g/mol. The third-order valence-corrected chi connectivity index (χ3v) is 4.50. The third kappa shape index (κ3) is 5.21. The molecule has 0 saturated carbocycles. The van der Waals surface area contributed by atoms with Crippen LogP contribution >= 0.6 is 12.4 Å². The Morgan fingerprint density at radius 2 is 1.88 bits per heavy atom. The number of benzene rings is 2. The van der Waals surface area contributed by atoms with Gasteiger partial charge in [0.25, 0.3) is 5.91 Å². The summed E-state index contributed by atoms with van der Waals surface area (Å²) < 4.78 is 5.80. The van der Waals surface area contributed by atoms with Gasteiger partial charge in [-0.2, -0.15) is 0 Å². The molecule has 2 N–H and O–H groups in total. The van der Waals surface area contributed by atoms with E-state index < -0.39 is 0 Å². The van der Waals surface area contributed by atoms with Crippen molar-refractivity contribution >= 4 is 18.3 Å².